The van der Waals surface area contributed by atoms with Crippen molar-refractivity contribution in [1.82, 2.24) is 20.5 Å². The molecule has 1 aromatic rings. The van der Waals surface area contributed by atoms with Gasteiger partial charge in [-0.2, -0.15) is 0 Å². The maximum Gasteiger partial charge on any atom is 0.190 e. The number of guanidine groups is 1. The second-order valence-corrected chi connectivity index (χ2v) is 7.95. The van der Waals surface area contributed by atoms with E-state index in [0.717, 1.165) is 31.5 Å². The van der Waals surface area contributed by atoms with Gasteiger partial charge in [0.15, 0.2) is 5.96 Å². The molecule has 2 rings (SSSR count). The number of aromatic nitrogens is 1. The highest BCUT2D eigenvalue weighted by Crippen LogP contribution is 2.16. The van der Waals surface area contributed by atoms with Gasteiger partial charge in [0.05, 0.1) is 5.01 Å². The molecule has 7 heteroatoms. The lowest BCUT2D eigenvalue weighted by Gasteiger charge is -2.33. The second-order valence-electron chi connectivity index (χ2n) is 6.63. The van der Waals surface area contributed by atoms with Gasteiger partial charge in [-0.25, -0.2) is 4.98 Å². The first kappa shape index (κ1) is 22.6. The van der Waals surface area contributed by atoms with Crippen molar-refractivity contribution in [3.63, 3.8) is 0 Å². The van der Waals surface area contributed by atoms with Crippen LogP contribution < -0.4 is 10.6 Å². The lowest BCUT2D eigenvalue weighted by Crippen LogP contribution is -2.40. The Kier molecular flexibility index (Phi) is 11.6. The first-order chi connectivity index (χ1) is 11.7. The summed E-state index contributed by atoms with van der Waals surface area (Å²) in [7, 11) is 1.83. The Hall–Kier alpha value is -0.410. The molecule has 1 saturated heterocycles. The van der Waals surface area contributed by atoms with Crippen LogP contribution >= 0.6 is 35.3 Å². The average Bonchev–Trinajstić information content (AvgIpc) is 3.00. The third kappa shape index (κ3) is 8.68. The minimum absolute atomic E-state index is 0. The van der Waals surface area contributed by atoms with Gasteiger partial charge in [-0.15, -0.1) is 35.3 Å². The van der Waals surface area contributed by atoms with Crippen molar-refractivity contribution in [3.05, 3.63) is 16.1 Å². The van der Waals surface area contributed by atoms with Gasteiger partial charge in [-0.05, 0) is 52.6 Å². The summed E-state index contributed by atoms with van der Waals surface area (Å²) in [6.45, 7) is 8.84. The van der Waals surface area contributed by atoms with Crippen molar-refractivity contribution in [2.75, 3.05) is 33.2 Å². The predicted molar refractivity (Wildman–Crippen MR) is 119 cm³/mol. The van der Waals surface area contributed by atoms with E-state index in [0.29, 0.717) is 0 Å². The molecule has 1 atom stereocenters. The summed E-state index contributed by atoms with van der Waals surface area (Å²) in [5.74, 6) is 0.898. The molecule has 1 fully saturated rings. The van der Waals surface area contributed by atoms with E-state index in [-0.39, 0.29) is 24.0 Å². The maximum absolute atomic E-state index is 4.39. The second kappa shape index (κ2) is 12.9. The number of aliphatic imine (C=N–C) groups is 1. The standard InChI is InChI=1S/C18H33N5S.HI/c1-15-8-4-6-12-23(15)13-7-5-10-20-18(19-3)21-11-9-17-22-14-16(2)24-17;/h14-15H,4-13H2,1-3H3,(H2,19,20,21);1H. The lowest BCUT2D eigenvalue weighted by atomic mass is 10.0. The minimum Gasteiger partial charge on any atom is -0.356 e. The zero-order valence-electron chi connectivity index (χ0n) is 15.9. The SMILES string of the molecule is CN=C(NCCCCN1CCCCC1C)NCCc1ncc(C)s1.I. The van der Waals surface area contributed by atoms with Crippen LogP contribution in [0.2, 0.25) is 0 Å². The van der Waals surface area contributed by atoms with E-state index < -0.39 is 0 Å². The van der Waals surface area contributed by atoms with Gasteiger partial charge in [0.1, 0.15) is 0 Å². The Morgan fingerprint density at radius 1 is 1.32 bits per heavy atom. The van der Waals surface area contributed by atoms with Crippen LogP contribution in [0, 0.1) is 6.92 Å². The van der Waals surface area contributed by atoms with Crippen molar-refractivity contribution in [2.45, 2.75) is 58.4 Å². The zero-order chi connectivity index (χ0) is 17.2. The molecule has 25 heavy (non-hydrogen) atoms. The molecule has 0 amide bonds. The van der Waals surface area contributed by atoms with Gasteiger partial charge in [0, 0.05) is 43.7 Å². The fourth-order valence-electron chi connectivity index (χ4n) is 3.16. The molecule has 0 aromatic carbocycles. The molecule has 5 nitrogen and oxygen atoms in total. The third-order valence-electron chi connectivity index (χ3n) is 4.63. The number of likely N-dealkylation sites (tertiary alicyclic amines) is 1. The fourth-order valence-corrected chi connectivity index (χ4v) is 3.95. The molecule has 1 aliphatic rings. The van der Waals surface area contributed by atoms with Gasteiger partial charge in [-0.1, -0.05) is 6.42 Å². The van der Waals surface area contributed by atoms with Gasteiger partial charge in [-0.3, -0.25) is 4.99 Å². The number of aryl methyl sites for hydroxylation is 1. The van der Waals surface area contributed by atoms with Crippen LogP contribution in [0.25, 0.3) is 0 Å². The molecule has 0 spiro atoms. The lowest BCUT2D eigenvalue weighted by molar-refractivity contribution is 0.158. The van der Waals surface area contributed by atoms with Gasteiger partial charge in [0.25, 0.3) is 0 Å². The molecule has 1 aliphatic heterocycles. The molecule has 0 radical (unpaired) electrons. The molecule has 0 bridgehead atoms. The number of piperidine rings is 1. The van der Waals surface area contributed by atoms with Crippen molar-refractivity contribution < 1.29 is 0 Å². The Morgan fingerprint density at radius 3 is 2.80 bits per heavy atom. The fraction of sp³-hybridized carbons (Fsp3) is 0.778. The highest BCUT2D eigenvalue weighted by molar-refractivity contribution is 14.0. The van der Waals surface area contributed by atoms with E-state index in [1.807, 2.05) is 13.2 Å². The van der Waals surface area contributed by atoms with Crippen molar-refractivity contribution in [2.24, 2.45) is 4.99 Å². The first-order valence-corrected chi connectivity index (χ1v) is 10.1. The van der Waals surface area contributed by atoms with E-state index in [1.54, 1.807) is 11.3 Å². The summed E-state index contributed by atoms with van der Waals surface area (Å²) in [4.78, 5) is 12.6. The average molecular weight is 479 g/mol. The molecule has 0 aliphatic carbocycles. The van der Waals surface area contributed by atoms with Crippen LogP contribution in [-0.2, 0) is 6.42 Å². The van der Waals surface area contributed by atoms with Crippen LogP contribution in [0.15, 0.2) is 11.2 Å². The summed E-state index contributed by atoms with van der Waals surface area (Å²) in [5, 5.41) is 7.97. The van der Waals surface area contributed by atoms with Crippen molar-refractivity contribution in [3.8, 4) is 0 Å². The molecule has 2 heterocycles. The van der Waals surface area contributed by atoms with Gasteiger partial charge in [0.2, 0.25) is 0 Å². The van der Waals surface area contributed by atoms with Crippen molar-refractivity contribution >= 4 is 41.3 Å². The van der Waals surface area contributed by atoms with Crippen LogP contribution in [0.3, 0.4) is 0 Å². The van der Waals surface area contributed by atoms with Crippen LogP contribution in [0.4, 0.5) is 0 Å². The molecular weight excluding hydrogens is 445 g/mol. The molecule has 0 saturated carbocycles. The van der Waals surface area contributed by atoms with Gasteiger partial charge >= 0.3 is 0 Å². The largest absolute Gasteiger partial charge is 0.356 e. The number of nitrogens with zero attached hydrogens (tertiary/aromatic N) is 3. The minimum atomic E-state index is 0. The van der Waals surface area contributed by atoms with Crippen molar-refractivity contribution in [1.29, 1.82) is 0 Å². The van der Waals surface area contributed by atoms with E-state index >= 15 is 0 Å². The number of nitrogens with one attached hydrogen (secondary N) is 2. The predicted octanol–water partition coefficient (Wildman–Crippen LogP) is 3.43. The quantitative estimate of drug-likeness (QED) is 0.260. The van der Waals surface area contributed by atoms with E-state index in [9.17, 15) is 0 Å². The topological polar surface area (TPSA) is 52.6 Å². The summed E-state index contributed by atoms with van der Waals surface area (Å²) < 4.78 is 0. The van der Waals surface area contributed by atoms with E-state index in [4.69, 9.17) is 0 Å². The van der Waals surface area contributed by atoms with Gasteiger partial charge < -0.3 is 15.5 Å². The van der Waals surface area contributed by atoms with E-state index in [1.165, 1.54) is 55.1 Å². The first-order valence-electron chi connectivity index (χ1n) is 9.29. The number of thiazole rings is 1. The third-order valence-corrected chi connectivity index (χ3v) is 5.60. The number of hydrogen-bond acceptors (Lipinski definition) is 4. The zero-order valence-corrected chi connectivity index (χ0v) is 19.0. The summed E-state index contributed by atoms with van der Waals surface area (Å²) in [6.07, 6.45) is 9.48. The summed E-state index contributed by atoms with van der Waals surface area (Å²) in [5.41, 5.74) is 0. The highest BCUT2D eigenvalue weighted by atomic mass is 127. The maximum atomic E-state index is 4.39. The number of rotatable bonds is 8. The molecule has 144 valence electrons. The van der Waals surface area contributed by atoms with Crippen LogP contribution in [0.1, 0.15) is 48.9 Å². The monoisotopic (exact) mass is 479 g/mol. The Balaban J connectivity index is 0.00000312. The van der Waals surface area contributed by atoms with Crippen LogP contribution in [0.5, 0.6) is 0 Å². The summed E-state index contributed by atoms with van der Waals surface area (Å²) in [6, 6.07) is 0.774. The normalized spacial score (nSPS) is 18.7. The molecule has 1 aromatic heterocycles. The summed E-state index contributed by atoms with van der Waals surface area (Å²) >= 11 is 1.77. The smallest absolute Gasteiger partial charge is 0.190 e. The number of hydrogen-bond donors (Lipinski definition) is 2. The Labute approximate surface area is 174 Å². The Bertz CT molecular complexity index is 505. The molecular formula is C18H34IN5S. The molecule has 1 unspecified atom stereocenters. The number of halogens is 1. The van der Waals surface area contributed by atoms with E-state index in [2.05, 4.69) is 39.4 Å². The van der Waals surface area contributed by atoms with Crippen LogP contribution in [-0.4, -0.2) is 55.1 Å². The Morgan fingerprint density at radius 2 is 2.12 bits per heavy atom. The highest BCUT2D eigenvalue weighted by Gasteiger charge is 2.16. The number of unbranched alkanes of at least 4 members (excludes halogenated alkanes) is 1. The molecule has 2 N–H and O–H groups in total.